The van der Waals surface area contributed by atoms with Crippen LogP contribution in [0.4, 0.5) is 0 Å². The molecule has 2 aliphatic heterocycles. The van der Waals surface area contributed by atoms with E-state index in [-0.39, 0.29) is 5.92 Å². The molecule has 2 heteroatoms. The minimum Gasteiger partial charge on any atom is -0.299 e. The third-order valence-corrected chi connectivity index (χ3v) is 5.75. The maximum atomic E-state index is 9.55. The first-order valence-electron chi connectivity index (χ1n) is 8.42. The van der Waals surface area contributed by atoms with Gasteiger partial charge in [-0.25, -0.2) is 0 Å². The molecule has 0 aliphatic carbocycles. The highest BCUT2D eigenvalue weighted by Gasteiger charge is 2.50. The van der Waals surface area contributed by atoms with Crippen molar-refractivity contribution in [2.75, 3.05) is 7.05 Å². The molecule has 2 fully saturated rings. The Hall–Kier alpha value is -1.33. The Morgan fingerprint density at radius 2 is 2.00 bits per heavy atom. The lowest BCUT2D eigenvalue weighted by Gasteiger charge is -2.44. The first-order chi connectivity index (χ1) is 10.3. The van der Waals surface area contributed by atoms with Gasteiger partial charge in [-0.05, 0) is 43.7 Å². The Labute approximate surface area is 128 Å². The predicted molar refractivity (Wildman–Crippen MR) is 85.9 cm³/mol. The number of unbranched alkanes of at least 4 members (excludes halogenated alkanes) is 1. The van der Waals surface area contributed by atoms with Crippen LogP contribution in [0.15, 0.2) is 30.3 Å². The number of hydrogen-bond donors (Lipinski definition) is 0. The van der Waals surface area contributed by atoms with Crippen molar-refractivity contribution in [1.82, 2.24) is 4.90 Å². The Morgan fingerprint density at radius 3 is 2.67 bits per heavy atom. The molecule has 112 valence electrons. The Bertz CT molecular complexity index is 504. The van der Waals surface area contributed by atoms with Gasteiger partial charge in [0.15, 0.2) is 0 Å². The van der Waals surface area contributed by atoms with E-state index in [1.807, 2.05) is 0 Å². The Morgan fingerprint density at radius 1 is 1.24 bits per heavy atom. The van der Waals surface area contributed by atoms with E-state index < -0.39 is 0 Å². The van der Waals surface area contributed by atoms with Crippen molar-refractivity contribution in [2.24, 2.45) is 11.8 Å². The van der Waals surface area contributed by atoms with Crippen LogP contribution in [-0.4, -0.2) is 24.0 Å². The highest BCUT2D eigenvalue weighted by molar-refractivity contribution is 5.25. The molecular weight excluding hydrogens is 256 g/mol. The van der Waals surface area contributed by atoms with Crippen LogP contribution >= 0.6 is 0 Å². The number of hydrogen-bond acceptors (Lipinski definition) is 2. The van der Waals surface area contributed by atoms with E-state index in [1.165, 1.54) is 31.2 Å². The normalized spacial score (nSPS) is 35.6. The fraction of sp³-hybridized carbons (Fsp3) is 0.632. The molecule has 0 amide bonds. The number of nitrogens with zero attached hydrogens (tertiary/aromatic N) is 2. The molecule has 2 nitrogen and oxygen atoms in total. The van der Waals surface area contributed by atoms with Crippen molar-refractivity contribution in [1.29, 1.82) is 5.26 Å². The van der Waals surface area contributed by atoms with Crippen LogP contribution in [0.3, 0.4) is 0 Å². The van der Waals surface area contributed by atoms with Crippen LogP contribution in [0.25, 0.3) is 0 Å². The van der Waals surface area contributed by atoms with E-state index in [4.69, 9.17) is 0 Å². The minimum atomic E-state index is 0.232. The number of benzene rings is 1. The highest BCUT2D eigenvalue weighted by Crippen LogP contribution is 2.50. The maximum Gasteiger partial charge on any atom is 0.0673 e. The summed E-state index contributed by atoms with van der Waals surface area (Å²) in [6, 6.07) is 14.7. The second-order valence-corrected chi connectivity index (χ2v) is 6.84. The van der Waals surface area contributed by atoms with E-state index in [2.05, 4.69) is 55.3 Å². The van der Waals surface area contributed by atoms with Gasteiger partial charge in [-0.1, -0.05) is 50.1 Å². The molecule has 2 aliphatic rings. The molecule has 0 unspecified atom stereocenters. The van der Waals surface area contributed by atoms with Gasteiger partial charge in [-0.15, -0.1) is 0 Å². The smallest absolute Gasteiger partial charge is 0.0673 e. The molecule has 5 atom stereocenters. The zero-order valence-corrected chi connectivity index (χ0v) is 13.2. The van der Waals surface area contributed by atoms with Crippen LogP contribution in [0.2, 0.25) is 0 Å². The highest BCUT2D eigenvalue weighted by atomic mass is 15.2. The van der Waals surface area contributed by atoms with E-state index in [9.17, 15) is 5.26 Å². The molecule has 0 radical (unpaired) electrons. The van der Waals surface area contributed by atoms with Gasteiger partial charge in [0.25, 0.3) is 0 Å². The van der Waals surface area contributed by atoms with Gasteiger partial charge in [0.1, 0.15) is 0 Å². The minimum absolute atomic E-state index is 0.232. The summed E-state index contributed by atoms with van der Waals surface area (Å²) in [5, 5.41) is 9.55. The second-order valence-electron chi connectivity index (χ2n) is 6.84. The van der Waals surface area contributed by atoms with Gasteiger partial charge < -0.3 is 0 Å². The van der Waals surface area contributed by atoms with E-state index >= 15 is 0 Å². The Kier molecular flexibility index (Phi) is 4.31. The number of fused-ring (bicyclic) bond motifs is 2. The SMILES string of the molecule is CCCC[C@H]1[C@@H]2[C@@H](C#N)C[C@H](C[C@@H]1c1ccccc1)N2C. The number of rotatable bonds is 4. The molecule has 21 heavy (non-hydrogen) atoms. The van der Waals surface area contributed by atoms with Crippen LogP contribution in [0.1, 0.15) is 50.5 Å². The van der Waals surface area contributed by atoms with Crippen molar-refractivity contribution in [2.45, 2.75) is 57.0 Å². The zero-order chi connectivity index (χ0) is 14.8. The summed E-state index contributed by atoms with van der Waals surface area (Å²) in [4.78, 5) is 2.52. The maximum absolute atomic E-state index is 9.55. The second kappa shape index (κ2) is 6.20. The topological polar surface area (TPSA) is 27.0 Å². The average molecular weight is 282 g/mol. The molecule has 0 N–H and O–H groups in total. The Balaban J connectivity index is 1.91. The largest absolute Gasteiger partial charge is 0.299 e. The molecule has 2 saturated heterocycles. The summed E-state index contributed by atoms with van der Waals surface area (Å²) in [5.74, 6) is 1.51. The van der Waals surface area contributed by atoms with Crippen molar-refractivity contribution in [3.63, 3.8) is 0 Å². The summed E-state index contributed by atoms with van der Waals surface area (Å²) in [7, 11) is 2.24. The first kappa shape index (κ1) is 14.6. The third-order valence-electron chi connectivity index (χ3n) is 5.75. The van der Waals surface area contributed by atoms with Gasteiger partial charge in [0, 0.05) is 12.1 Å². The van der Waals surface area contributed by atoms with Gasteiger partial charge in [-0.2, -0.15) is 5.26 Å². The molecule has 1 aromatic rings. The molecule has 0 spiro atoms. The van der Waals surface area contributed by atoms with E-state index in [1.54, 1.807) is 0 Å². The molecular formula is C19H26N2. The van der Waals surface area contributed by atoms with Crippen LogP contribution in [0.5, 0.6) is 0 Å². The first-order valence-corrected chi connectivity index (χ1v) is 8.42. The molecule has 0 aromatic heterocycles. The molecule has 3 rings (SSSR count). The molecule has 1 aromatic carbocycles. The molecule has 2 bridgehead atoms. The predicted octanol–water partition coefficient (Wildman–Crippen LogP) is 4.19. The standard InChI is InChI=1S/C19H26N2/c1-3-4-10-17-18(14-8-6-5-7-9-14)12-16-11-15(13-20)19(17)21(16)2/h5-9,15-19H,3-4,10-12H2,1-2H3/t15-,16-,17-,18-,19+/m1/s1. The quantitative estimate of drug-likeness (QED) is 0.828. The molecule has 2 heterocycles. The van der Waals surface area contributed by atoms with Crippen molar-refractivity contribution in [3.8, 4) is 6.07 Å². The lowest BCUT2D eigenvalue weighted by atomic mass is 9.73. The van der Waals surface area contributed by atoms with E-state index in [0.29, 0.717) is 23.9 Å². The third kappa shape index (κ3) is 2.60. The monoisotopic (exact) mass is 282 g/mol. The summed E-state index contributed by atoms with van der Waals surface area (Å²) in [5.41, 5.74) is 1.49. The van der Waals surface area contributed by atoms with Gasteiger partial charge >= 0.3 is 0 Å². The zero-order valence-electron chi connectivity index (χ0n) is 13.2. The van der Waals surface area contributed by atoms with Gasteiger partial charge in [-0.3, -0.25) is 4.90 Å². The van der Waals surface area contributed by atoms with E-state index in [0.717, 1.165) is 6.42 Å². The van der Waals surface area contributed by atoms with Crippen LogP contribution < -0.4 is 0 Å². The van der Waals surface area contributed by atoms with Crippen LogP contribution in [0, 0.1) is 23.2 Å². The van der Waals surface area contributed by atoms with Crippen molar-refractivity contribution >= 4 is 0 Å². The summed E-state index contributed by atoms with van der Waals surface area (Å²) in [6.45, 7) is 2.27. The van der Waals surface area contributed by atoms with Crippen molar-refractivity contribution in [3.05, 3.63) is 35.9 Å². The summed E-state index contributed by atoms with van der Waals surface area (Å²) in [6.07, 6.45) is 6.08. The fourth-order valence-electron chi connectivity index (χ4n) is 4.72. The lowest BCUT2D eigenvalue weighted by Crippen LogP contribution is -2.47. The molecule has 0 saturated carbocycles. The summed E-state index contributed by atoms with van der Waals surface area (Å²) >= 11 is 0. The number of nitriles is 1. The summed E-state index contributed by atoms with van der Waals surface area (Å²) < 4.78 is 0. The number of piperidine rings is 1. The average Bonchev–Trinajstić information content (AvgIpc) is 2.74. The van der Waals surface area contributed by atoms with Gasteiger partial charge in [0.2, 0.25) is 0 Å². The van der Waals surface area contributed by atoms with Gasteiger partial charge in [0.05, 0.1) is 12.0 Å². The fourth-order valence-corrected chi connectivity index (χ4v) is 4.72. The van der Waals surface area contributed by atoms with Crippen LogP contribution in [-0.2, 0) is 0 Å². The van der Waals surface area contributed by atoms with Crippen molar-refractivity contribution < 1.29 is 0 Å². The lowest BCUT2D eigenvalue weighted by molar-refractivity contribution is 0.0855.